The van der Waals surface area contributed by atoms with Gasteiger partial charge in [0.05, 0.1) is 12.3 Å². The SMILES string of the molecule is CC(=O)[C@H](C)N1N=C(C)Cn2c1nc1c2c(=O)n(C)c(=O)n1C. The van der Waals surface area contributed by atoms with E-state index >= 15 is 0 Å². The van der Waals surface area contributed by atoms with Gasteiger partial charge in [-0.05, 0) is 20.8 Å². The molecule has 3 rings (SSSR count). The molecule has 0 saturated carbocycles. The van der Waals surface area contributed by atoms with E-state index in [2.05, 4.69) is 10.1 Å². The first-order valence-corrected chi connectivity index (χ1v) is 7.24. The number of rotatable bonds is 2. The first-order chi connectivity index (χ1) is 10.7. The lowest BCUT2D eigenvalue weighted by Crippen LogP contribution is -2.40. The fourth-order valence-corrected chi connectivity index (χ4v) is 2.68. The number of Topliss-reactive ketones (excluding diaryl/α,β-unsaturated/α-hetero) is 1. The van der Waals surface area contributed by atoms with Crippen molar-refractivity contribution in [3.8, 4) is 0 Å². The third-order valence-corrected chi connectivity index (χ3v) is 4.15. The number of hydrogen-bond acceptors (Lipinski definition) is 6. The highest BCUT2D eigenvalue weighted by atomic mass is 16.2. The number of anilines is 1. The van der Waals surface area contributed by atoms with Crippen LogP contribution in [0.4, 0.5) is 5.95 Å². The Bertz CT molecular complexity index is 977. The summed E-state index contributed by atoms with van der Waals surface area (Å²) in [6, 6.07) is -0.512. The second-order valence-corrected chi connectivity index (χ2v) is 5.84. The van der Waals surface area contributed by atoms with Gasteiger partial charge in [-0.15, -0.1) is 0 Å². The van der Waals surface area contributed by atoms with Crippen LogP contribution in [0.2, 0.25) is 0 Å². The van der Waals surface area contributed by atoms with Crippen LogP contribution in [0, 0.1) is 0 Å². The molecule has 2 aromatic rings. The molecule has 1 aliphatic rings. The molecule has 0 aromatic carbocycles. The highest BCUT2D eigenvalue weighted by molar-refractivity contribution is 5.90. The normalized spacial score (nSPS) is 15.5. The van der Waals surface area contributed by atoms with Crippen molar-refractivity contribution in [2.45, 2.75) is 33.4 Å². The van der Waals surface area contributed by atoms with Crippen LogP contribution in [-0.2, 0) is 25.4 Å². The van der Waals surface area contributed by atoms with Crippen molar-refractivity contribution >= 4 is 28.6 Å². The van der Waals surface area contributed by atoms with Gasteiger partial charge in [0, 0.05) is 14.1 Å². The number of imidazole rings is 1. The van der Waals surface area contributed by atoms with Crippen LogP contribution in [0.1, 0.15) is 20.8 Å². The number of nitrogens with zero attached hydrogens (tertiary/aromatic N) is 6. The van der Waals surface area contributed by atoms with Crippen molar-refractivity contribution in [3.63, 3.8) is 0 Å². The Balaban J connectivity index is 2.39. The van der Waals surface area contributed by atoms with Gasteiger partial charge >= 0.3 is 5.69 Å². The smallest absolute Gasteiger partial charge is 0.298 e. The summed E-state index contributed by atoms with van der Waals surface area (Å²) in [6.07, 6.45) is 0. The average Bonchev–Trinajstić information content (AvgIpc) is 2.88. The van der Waals surface area contributed by atoms with Crippen molar-refractivity contribution in [1.82, 2.24) is 18.7 Å². The molecule has 0 fully saturated rings. The van der Waals surface area contributed by atoms with E-state index in [1.165, 1.54) is 23.5 Å². The lowest BCUT2D eigenvalue weighted by molar-refractivity contribution is -0.117. The molecule has 1 aliphatic heterocycles. The van der Waals surface area contributed by atoms with Gasteiger partial charge in [0.2, 0.25) is 5.95 Å². The maximum absolute atomic E-state index is 12.5. The number of aromatic nitrogens is 4. The van der Waals surface area contributed by atoms with Crippen molar-refractivity contribution in [1.29, 1.82) is 0 Å². The molecule has 3 heterocycles. The van der Waals surface area contributed by atoms with Gasteiger partial charge in [-0.3, -0.25) is 23.3 Å². The summed E-state index contributed by atoms with van der Waals surface area (Å²) in [5, 5.41) is 5.90. The molecule has 0 aliphatic carbocycles. The Morgan fingerprint density at radius 2 is 1.87 bits per heavy atom. The predicted octanol–water partition coefficient (Wildman–Crippen LogP) is -0.393. The monoisotopic (exact) mass is 318 g/mol. The second-order valence-electron chi connectivity index (χ2n) is 5.84. The fourth-order valence-electron chi connectivity index (χ4n) is 2.68. The predicted molar refractivity (Wildman–Crippen MR) is 85.9 cm³/mol. The van der Waals surface area contributed by atoms with Gasteiger partial charge in [-0.25, -0.2) is 9.80 Å². The van der Waals surface area contributed by atoms with Crippen molar-refractivity contribution < 1.29 is 4.79 Å². The van der Waals surface area contributed by atoms with Crippen LogP contribution in [-0.4, -0.2) is 36.2 Å². The van der Waals surface area contributed by atoms with Crippen LogP contribution < -0.4 is 16.3 Å². The zero-order chi connectivity index (χ0) is 17.0. The third-order valence-electron chi connectivity index (χ3n) is 4.15. The summed E-state index contributed by atoms with van der Waals surface area (Å²) in [6.45, 7) is 5.42. The molecule has 122 valence electrons. The standard InChI is InChI=1S/C14H18N6O3/c1-7-6-19-10-11(17(4)14(23)18(5)12(10)22)15-13(19)20(16-7)8(2)9(3)21/h8H,6H2,1-5H3/t8-/m0/s1. The van der Waals surface area contributed by atoms with Crippen LogP contribution in [0.25, 0.3) is 11.2 Å². The Morgan fingerprint density at radius 3 is 2.48 bits per heavy atom. The molecule has 0 saturated heterocycles. The van der Waals surface area contributed by atoms with Crippen molar-refractivity contribution in [2.75, 3.05) is 5.01 Å². The molecule has 0 unspecified atom stereocenters. The molecule has 0 radical (unpaired) electrons. The van der Waals surface area contributed by atoms with E-state index in [9.17, 15) is 14.4 Å². The minimum absolute atomic E-state index is 0.0659. The van der Waals surface area contributed by atoms with Crippen LogP contribution >= 0.6 is 0 Å². The van der Waals surface area contributed by atoms with Crippen LogP contribution in [0.5, 0.6) is 0 Å². The molecule has 0 amide bonds. The fraction of sp³-hybridized carbons (Fsp3) is 0.500. The first kappa shape index (κ1) is 15.2. The van der Waals surface area contributed by atoms with Crippen LogP contribution in [0.15, 0.2) is 14.7 Å². The van der Waals surface area contributed by atoms with E-state index in [-0.39, 0.29) is 5.78 Å². The largest absolute Gasteiger partial charge is 0.332 e. The van der Waals surface area contributed by atoms with Crippen molar-refractivity contribution in [2.24, 2.45) is 19.2 Å². The minimum Gasteiger partial charge on any atom is -0.298 e. The maximum atomic E-state index is 12.5. The summed E-state index contributed by atoms with van der Waals surface area (Å²) < 4.78 is 4.09. The molecule has 2 aromatic heterocycles. The van der Waals surface area contributed by atoms with E-state index in [4.69, 9.17) is 0 Å². The van der Waals surface area contributed by atoms with E-state index in [1.807, 2.05) is 6.92 Å². The van der Waals surface area contributed by atoms with E-state index < -0.39 is 17.3 Å². The van der Waals surface area contributed by atoms with Gasteiger partial charge in [0.15, 0.2) is 16.9 Å². The number of fused-ring (bicyclic) bond motifs is 3. The summed E-state index contributed by atoms with van der Waals surface area (Å²) >= 11 is 0. The highest BCUT2D eigenvalue weighted by Crippen LogP contribution is 2.25. The Kier molecular flexibility index (Phi) is 3.24. The molecular formula is C14H18N6O3. The van der Waals surface area contributed by atoms with Gasteiger partial charge in [0.25, 0.3) is 5.56 Å². The number of aryl methyl sites for hydroxylation is 1. The highest BCUT2D eigenvalue weighted by Gasteiger charge is 2.30. The Hall–Kier alpha value is -2.71. The Labute approximate surface area is 131 Å². The van der Waals surface area contributed by atoms with Gasteiger partial charge < -0.3 is 0 Å². The summed E-state index contributed by atoms with van der Waals surface area (Å²) in [5.74, 6) is 0.329. The molecular weight excluding hydrogens is 300 g/mol. The topological polar surface area (TPSA) is 94.5 Å². The van der Waals surface area contributed by atoms with Crippen LogP contribution in [0.3, 0.4) is 0 Å². The van der Waals surface area contributed by atoms with Crippen molar-refractivity contribution in [3.05, 3.63) is 20.8 Å². The lowest BCUT2D eigenvalue weighted by atomic mass is 10.2. The summed E-state index contributed by atoms with van der Waals surface area (Å²) in [4.78, 5) is 40.8. The second kappa shape index (κ2) is 4.90. The molecule has 9 heteroatoms. The minimum atomic E-state index is -0.512. The summed E-state index contributed by atoms with van der Waals surface area (Å²) in [7, 11) is 3.00. The zero-order valence-corrected chi connectivity index (χ0v) is 13.7. The molecule has 0 bridgehead atoms. The number of hydrazone groups is 1. The number of carbonyl (C=O) groups excluding carboxylic acids is 1. The van der Waals surface area contributed by atoms with E-state index in [1.54, 1.807) is 18.5 Å². The number of carbonyl (C=O) groups is 1. The van der Waals surface area contributed by atoms with E-state index in [0.717, 1.165) is 10.3 Å². The molecule has 1 atom stereocenters. The lowest BCUT2D eigenvalue weighted by Gasteiger charge is -2.28. The zero-order valence-electron chi connectivity index (χ0n) is 13.7. The maximum Gasteiger partial charge on any atom is 0.332 e. The third kappa shape index (κ3) is 2.03. The molecule has 23 heavy (non-hydrogen) atoms. The summed E-state index contributed by atoms with van der Waals surface area (Å²) in [5.41, 5.74) is 0.521. The van der Waals surface area contributed by atoms with E-state index in [0.29, 0.717) is 23.7 Å². The van der Waals surface area contributed by atoms with Gasteiger partial charge in [-0.2, -0.15) is 10.1 Å². The number of hydrogen-bond donors (Lipinski definition) is 0. The van der Waals surface area contributed by atoms with Gasteiger partial charge in [-0.1, -0.05) is 0 Å². The number of ketones is 1. The van der Waals surface area contributed by atoms with Gasteiger partial charge in [0.1, 0.15) is 6.04 Å². The Morgan fingerprint density at radius 1 is 1.22 bits per heavy atom. The molecule has 9 nitrogen and oxygen atoms in total. The molecule has 0 N–H and O–H groups in total. The molecule has 0 spiro atoms. The average molecular weight is 318 g/mol. The first-order valence-electron chi connectivity index (χ1n) is 7.24. The quantitative estimate of drug-likeness (QED) is 0.751.